The normalized spacial score (nSPS) is 12.5. The summed E-state index contributed by atoms with van der Waals surface area (Å²) in [7, 11) is 0. The first kappa shape index (κ1) is 88.3. The molecule has 2 unspecified atom stereocenters. The first-order valence-electron chi connectivity index (χ1n) is 41.6. The summed E-state index contributed by atoms with van der Waals surface area (Å²) in [5.74, 6) is -0.00599. The number of allylic oxidation sites excluding steroid dienone is 4. The van der Waals surface area contributed by atoms with Crippen LogP contribution in [0, 0.1) is 0 Å². The van der Waals surface area contributed by atoms with Crippen molar-refractivity contribution >= 4 is 11.9 Å². The zero-order chi connectivity index (χ0) is 64.9. The molecular formula is C84H163NO5. The van der Waals surface area contributed by atoms with Gasteiger partial charge in [-0.3, -0.25) is 9.59 Å². The van der Waals surface area contributed by atoms with E-state index in [4.69, 9.17) is 4.74 Å². The predicted octanol–water partition coefficient (Wildman–Crippen LogP) is 27.6. The fourth-order valence-corrected chi connectivity index (χ4v) is 13.4. The molecule has 0 saturated carbocycles. The molecule has 534 valence electrons. The number of nitrogens with one attached hydrogen (secondary N) is 1. The van der Waals surface area contributed by atoms with Gasteiger partial charge in [-0.05, 0) is 57.8 Å². The molecular weight excluding hydrogens is 1100 g/mol. The summed E-state index contributed by atoms with van der Waals surface area (Å²) in [5.41, 5.74) is 0. The molecule has 0 aliphatic carbocycles. The van der Waals surface area contributed by atoms with Crippen LogP contribution in [0.15, 0.2) is 24.3 Å². The molecule has 1 amide bonds. The van der Waals surface area contributed by atoms with Gasteiger partial charge in [0.2, 0.25) is 5.91 Å². The molecule has 0 aromatic carbocycles. The molecule has 0 saturated heterocycles. The number of carbonyl (C=O) groups excluding carboxylic acids is 2. The fourth-order valence-electron chi connectivity index (χ4n) is 13.4. The Morgan fingerprint density at radius 3 is 0.867 bits per heavy atom. The first-order chi connectivity index (χ1) is 44.5. The van der Waals surface area contributed by atoms with Crippen molar-refractivity contribution in [2.24, 2.45) is 0 Å². The molecule has 0 spiro atoms. The zero-order valence-corrected chi connectivity index (χ0v) is 61.4. The first-order valence-corrected chi connectivity index (χ1v) is 41.6. The number of unbranched alkanes of at least 4 members (excludes halogenated alkanes) is 64. The highest BCUT2D eigenvalue weighted by Crippen LogP contribution is 2.21. The van der Waals surface area contributed by atoms with Crippen LogP contribution in [0.25, 0.3) is 0 Å². The molecule has 0 aliphatic heterocycles. The maximum absolute atomic E-state index is 12.6. The quantitative estimate of drug-likeness (QED) is 0.0320. The van der Waals surface area contributed by atoms with Crippen LogP contribution in [0.3, 0.4) is 0 Å². The average Bonchev–Trinajstić information content (AvgIpc) is 3.60. The van der Waals surface area contributed by atoms with Gasteiger partial charge in [-0.2, -0.15) is 0 Å². The van der Waals surface area contributed by atoms with Crippen molar-refractivity contribution in [3.63, 3.8) is 0 Å². The number of aliphatic hydroxyl groups excluding tert-OH is 2. The minimum absolute atomic E-state index is 0.0186. The van der Waals surface area contributed by atoms with E-state index < -0.39 is 12.1 Å². The van der Waals surface area contributed by atoms with Gasteiger partial charge in [0.05, 0.1) is 25.4 Å². The molecule has 0 aliphatic rings. The summed E-state index contributed by atoms with van der Waals surface area (Å²) in [5, 5.41) is 23.5. The van der Waals surface area contributed by atoms with Crippen LogP contribution < -0.4 is 5.32 Å². The maximum atomic E-state index is 12.6. The Morgan fingerprint density at radius 2 is 0.556 bits per heavy atom. The summed E-state index contributed by atoms with van der Waals surface area (Å²) in [6, 6.07) is -0.539. The number of aliphatic hydroxyl groups is 2. The third kappa shape index (κ3) is 75.4. The van der Waals surface area contributed by atoms with E-state index >= 15 is 0 Å². The third-order valence-corrected chi connectivity index (χ3v) is 19.8. The van der Waals surface area contributed by atoms with Crippen molar-refractivity contribution in [2.75, 3.05) is 13.2 Å². The lowest BCUT2D eigenvalue weighted by Gasteiger charge is -2.22. The van der Waals surface area contributed by atoms with Crippen molar-refractivity contribution in [2.45, 2.75) is 488 Å². The Kier molecular flexibility index (Phi) is 78.3. The van der Waals surface area contributed by atoms with Crippen molar-refractivity contribution in [3.8, 4) is 0 Å². The predicted molar refractivity (Wildman–Crippen MR) is 398 cm³/mol. The minimum Gasteiger partial charge on any atom is -0.466 e. The van der Waals surface area contributed by atoms with Gasteiger partial charge in [0.15, 0.2) is 0 Å². The maximum Gasteiger partial charge on any atom is 0.305 e. The average molecular weight is 1270 g/mol. The zero-order valence-electron chi connectivity index (χ0n) is 61.4. The highest BCUT2D eigenvalue weighted by atomic mass is 16.5. The van der Waals surface area contributed by atoms with E-state index in [1.165, 1.54) is 398 Å². The number of hydrogen-bond donors (Lipinski definition) is 3. The van der Waals surface area contributed by atoms with E-state index in [9.17, 15) is 19.8 Å². The number of amides is 1. The number of esters is 1. The Bertz CT molecular complexity index is 1410. The number of rotatable bonds is 79. The van der Waals surface area contributed by atoms with Crippen LogP contribution in [0.1, 0.15) is 476 Å². The van der Waals surface area contributed by atoms with Crippen LogP contribution in [-0.4, -0.2) is 47.4 Å². The van der Waals surface area contributed by atoms with Crippen molar-refractivity contribution in [1.29, 1.82) is 0 Å². The Hall–Kier alpha value is -1.66. The molecule has 0 aromatic heterocycles. The molecule has 0 rings (SSSR count). The summed E-state index contributed by atoms with van der Waals surface area (Å²) in [6.07, 6.45) is 103. The lowest BCUT2D eigenvalue weighted by atomic mass is 10.0. The summed E-state index contributed by atoms with van der Waals surface area (Å²) in [4.78, 5) is 24.7. The molecule has 3 N–H and O–H groups in total. The highest BCUT2D eigenvalue weighted by Gasteiger charge is 2.20. The Balaban J connectivity index is 3.32. The summed E-state index contributed by atoms with van der Waals surface area (Å²) >= 11 is 0. The Morgan fingerprint density at radius 1 is 0.311 bits per heavy atom. The van der Waals surface area contributed by atoms with Gasteiger partial charge in [-0.25, -0.2) is 0 Å². The van der Waals surface area contributed by atoms with Gasteiger partial charge in [-0.1, -0.05) is 430 Å². The summed E-state index contributed by atoms with van der Waals surface area (Å²) in [6.45, 7) is 4.99. The largest absolute Gasteiger partial charge is 0.466 e. The van der Waals surface area contributed by atoms with Crippen LogP contribution in [0.2, 0.25) is 0 Å². The molecule has 0 aromatic rings. The molecule has 0 fully saturated rings. The number of ether oxygens (including phenoxy) is 1. The highest BCUT2D eigenvalue weighted by molar-refractivity contribution is 5.76. The van der Waals surface area contributed by atoms with Crippen molar-refractivity contribution < 1.29 is 24.5 Å². The van der Waals surface area contributed by atoms with Gasteiger partial charge in [0, 0.05) is 12.8 Å². The van der Waals surface area contributed by atoms with Gasteiger partial charge >= 0.3 is 5.97 Å². The molecule has 0 radical (unpaired) electrons. The molecule has 0 bridgehead atoms. The molecule has 6 nitrogen and oxygen atoms in total. The van der Waals surface area contributed by atoms with Gasteiger partial charge in [0.1, 0.15) is 0 Å². The van der Waals surface area contributed by atoms with E-state index in [1.54, 1.807) is 0 Å². The molecule has 0 heterocycles. The lowest BCUT2D eigenvalue weighted by Crippen LogP contribution is -2.45. The third-order valence-electron chi connectivity index (χ3n) is 19.8. The molecule has 6 heteroatoms. The van der Waals surface area contributed by atoms with Crippen molar-refractivity contribution in [1.82, 2.24) is 5.32 Å². The lowest BCUT2D eigenvalue weighted by molar-refractivity contribution is -0.143. The Labute approximate surface area is 564 Å². The number of carbonyl (C=O) groups is 2. The van der Waals surface area contributed by atoms with Crippen molar-refractivity contribution in [3.05, 3.63) is 24.3 Å². The van der Waals surface area contributed by atoms with Gasteiger partial charge in [0.25, 0.3) is 0 Å². The van der Waals surface area contributed by atoms with E-state index in [0.717, 1.165) is 44.9 Å². The van der Waals surface area contributed by atoms with Crippen LogP contribution >= 0.6 is 0 Å². The van der Waals surface area contributed by atoms with Gasteiger partial charge < -0.3 is 20.3 Å². The second-order valence-corrected chi connectivity index (χ2v) is 28.8. The second kappa shape index (κ2) is 79.8. The molecule has 2 atom stereocenters. The standard InChI is InChI=1S/C84H163NO5/c1-3-5-7-9-11-13-15-17-19-21-23-24-37-41-44-48-52-56-60-64-68-72-76-82(87)81(80-86)85-83(88)77-73-69-65-61-57-53-49-45-42-38-35-33-31-29-27-25-26-28-30-32-34-36-39-43-47-51-55-59-63-67-71-75-79-90-84(89)78-74-70-66-62-58-54-50-46-40-22-20-18-16-14-12-10-8-6-4-2/h12,14,18,20,81-82,86-87H,3-11,13,15-17,19,21-80H2,1-2H3,(H,85,88)/b14-12-,20-18-. The van der Waals surface area contributed by atoms with E-state index in [-0.39, 0.29) is 18.5 Å². The summed E-state index contributed by atoms with van der Waals surface area (Å²) < 4.78 is 5.52. The SMILES string of the molecule is CCCCC/C=C\C/C=C\CCCCCCCCCCCC(=O)OCCCCCCCCCCCCCCCCCCCCCCCCCCCCCCCCCCC(=O)NC(CO)C(O)CCCCCCCCCCCCCCCCCCCCCCCC. The minimum atomic E-state index is -0.662. The smallest absolute Gasteiger partial charge is 0.305 e. The van der Waals surface area contributed by atoms with Crippen LogP contribution in [-0.2, 0) is 14.3 Å². The van der Waals surface area contributed by atoms with E-state index in [0.29, 0.717) is 25.9 Å². The fraction of sp³-hybridized carbons (Fsp3) is 0.929. The topological polar surface area (TPSA) is 95.9 Å². The molecule has 90 heavy (non-hydrogen) atoms. The van der Waals surface area contributed by atoms with E-state index in [2.05, 4.69) is 43.5 Å². The van der Waals surface area contributed by atoms with E-state index in [1.807, 2.05) is 0 Å². The van der Waals surface area contributed by atoms with Crippen LogP contribution in [0.5, 0.6) is 0 Å². The monoisotopic (exact) mass is 1270 g/mol. The van der Waals surface area contributed by atoms with Crippen LogP contribution in [0.4, 0.5) is 0 Å². The number of hydrogen-bond acceptors (Lipinski definition) is 5. The van der Waals surface area contributed by atoms with Gasteiger partial charge in [-0.15, -0.1) is 0 Å². The second-order valence-electron chi connectivity index (χ2n) is 28.8.